The molecule has 0 saturated heterocycles. The van der Waals surface area contributed by atoms with E-state index in [0.717, 1.165) is 12.5 Å². The van der Waals surface area contributed by atoms with E-state index in [4.69, 9.17) is 0 Å². The summed E-state index contributed by atoms with van der Waals surface area (Å²) in [5.41, 5.74) is 3.62. The number of carbonyl (C=O) groups is 2. The highest BCUT2D eigenvalue weighted by molar-refractivity contribution is 5.98. The van der Waals surface area contributed by atoms with Crippen LogP contribution >= 0.6 is 0 Å². The summed E-state index contributed by atoms with van der Waals surface area (Å²) in [6, 6.07) is 29.6. The zero-order valence-corrected chi connectivity index (χ0v) is 21.8. The van der Waals surface area contributed by atoms with Crippen LogP contribution in [0.5, 0.6) is 0 Å². The number of aromatic amines is 1. The standard InChI is InChI=1S/C18H16FN5O3.C13H12/c1-24-15(5-7-22-24)18(27)21-10-17(26)23-12-2-3-13(14(19)9-12)11-4-6-20-16(25)8-11;1-3-7-12(8-4-1)11-13-9-5-2-6-10-13/h2-9H,10H2,1H3,(H,20,25)(H,21,27)(H,23,26);1-10H,11H2. The molecular formula is C31H28FN5O3. The molecule has 0 aliphatic carbocycles. The minimum absolute atomic E-state index is 0.237. The Kier molecular flexibility index (Phi) is 9.34. The SMILES string of the molecule is Cn1nccc1C(=O)NCC(=O)Nc1ccc(-c2cc[nH]c(=O)c2)c(F)c1.c1ccc(Cc2ccccc2)cc1. The summed E-state index contributed by atoms with van der Waals surface area (Å²) in [6.45, 7) is -0.276. The predicted molar refractivity (Wildman–Crippen MR) is 152 cm³/mol. The second-order valence-electron chi connectivity index (χ2n) is 8.86. The van der Waals surface area contributed by atoms with Gasteiger partial charge < -0.3 is 15.6 Å². The number of benzene rings is 3. The lowest BCUT2D eigenvalue weighted by Gasteiger charge is -2.09. The number of aromatic nitrogens is 3. The fourth-order valence-corrected chi connectivity index (χ4v) is 3.92. The van der Waals surface area contributed by atoms with Gasteiger partial charge in [0.15, 0.2) is 0 Å². The van der Waals surface area contributed by atoms with Crippen LogP contribution in [0.3, 0.4) is 0 Å². The van der Waals surface area contributed by atoms with Crippen molar-refractivity contribution < 1.29 is 14.0 Å². The lowest BCUT2D eigenvalue weighted by atomic mass is 10.1. The van der Waals surface area contributed by atoms with Gasteiger partial charge in [-0.15, -0.1) is 0 Å². The molecule has 0 aliphatic heterocycles. The number of pyridine rings is 1. The van der Waals surface area contributed by atoms with E-state index in [1.54, 1.807) is 13.1 Å². The van der Waals surface area contributed by atoms with Gasteiger partial charge in [-0.3, -0.25) is 19.1 Å². The molecule has 3 aromatic carbocycles. The van der Waals surface area contributed by atoms with Crippen molar-refractivity contribution in [1.29, 1.82) is 0 Å². The van der Waals surface area contributed by atoms with E-state index >= 15 is 0 Å². The monoisotopic (exact) mass is 537 g/mol. The van der Waals surface area contributed by atoms with Crippen LogP contribution in [-0.2, 0) is 18.3 Å². The zero-order chi connectivity index (χ0) is 28.3. The molecule has 0 spiro atoms. The molecule has 3 N–H and O–H groups in total. The van der Waals surface area contributed by atoms with Gasteiger partial charge in [-0.25, -0.2) is 4.39 Å². The van der Waals surface area contributed by atoms with Crippen LogP contribution in [-0.4, -0.2) is 33.1 Å². The first-order valence-electron chi connectivity index (χ1n) is 12.5. The summed E-state index contributed by atoms with van der Waals surface area (Å²) in [6.07, 6.45) is 3.93. The Bertz CT molecular complexity index is 1590. The quantitative estimate of drug-likeness (QED) is 0.283. The van der Waals surface area contributed by atoms with Gasteiger partial charge in [-0.05, 0) is 53.4 Å². The van der Waals surface area contributed by atoms with Crippen molar-refractivity contribution in [3.8, 4) is 11.1 Å². The third-order valence-electron chi connectivity index (χ3n) is 5.90. The van der Waals surface area contributed by atoms with E-state index in [-0.39, 0.29) is 23.4 Å². The Morgan fingerprint density at radius 3 is 2.15 bits per heavy atom. The third-order valence-corrected chi connectivity index (χ3v) is 5.90. The summed E-state index contributed by atoms with van der Waals surface area (Å²) >= 11 is 0. The van der Waals surface area contributed by atoms with Gasteiger partial charge in [0, 0.05) is 36.8 Å². The number of rotatable bonds is 7. The second kappa shape index (κ2) is 13.5. The summed E-state index contributed by atoms with van der Waals surface area (Å²) < 4.78 is 15.7. The number of hydrogen-bond acceptors (Lipinski definition) is 4. The maximum Gasteiger partial charge on any atom is 0.269 e. The van der Waals surface area contributed by atoms with E-state index in [9.17, 15) is 18.8 Å². The minimum Gasteiger partial charge on any atom is -0.342 e. The first-order valence-corrected chi connectivity index (χ1v) is 12.5. The topological polar surface area (TPSA) is 109 Å². The summed E-state index contributed by atoms with van der Waals surface area (Å²) in [7, 11) is 1.61. The Labute approximate surface area is 230 Å². The molecule has 2 aromatic heterocycles. The second-order valence-corrected chi connectivity index (χ2v) is 8.86. The summed E-state index contributed by atoms with van der Waals surface area (Å²) in [5, 5.41) is 8.84. The van der Waals surface area contributed by atoms with Crippen molar-refractivity contribution in [1.82, 2.24) is 20.1 Å². The highest BCUT2D eigenvalue weighted by Gasteiger charge is 2.12. The maximum atomic E-state index is 14.3. The maximum absolute atomic E-state index is 14.3. The number of nitrogens with one attached hydrogen (secondary N) is 3. The highest BCUT2D eigenvalue weighted by atomic mass is 19.1. The van der Waals surface area contributed by atoms with Crippen LogP contribution in [0.2, 0.25) is 0 Å². The van der Waals surface area contributed by atoms with Crippen LogP contribution < -0.4 is 16.2 Å². The van der Waals surface area contributed by atoms with Gasteiger partial charge in [0.25, 0.3) is 5.91 Å². The number of nitrogens with zero attached hydrogens (tertiary/aromatic N) is 2. The van der Waals surface area contributed by atoms with Crippen molar-refractivity contribution in [2.24, 2.45) is 7.05 Å². The molecule has 2 heterocycles. The van der Waals surface area contributed by atoms with Crippen molar-refractivity contribution in [2.45, 2.75) is 6.42 Å². The Morgan fingerprint density at radius 2 is 1.57 bits per heavy atom. The summed E-state index contributed by atoms with van der Waals surface area (Å²) in [4.78, 5) is 37.7. The van der Waals surface area contributed by atoms with Crippen LogP contribution in [0.15, 0.2) is 114 Å². The van der Waals surface area contributed by atoms with Crippen LogP contribution in [0.1, 0.15) is 21.6 Å². The van der Waals surface area contributed by atoms with Gasteiger partial charge in [0.2, 0.25) is 11.5 Å². The summed E-state index contributed by atoms with van der Waals surface area (Å²) in [5.74, 6) is -1.54. The number of anilines is 1. The Hall–Kier alpha value is -5.31. The molecule has 0 unspecified atom stereocenters. The molecule has 202 valence electrons. The van der Waals surface area contributed by atoms with E-state index < -0.39 is 17.6 Å². The van der Waals surface area contributed by atoms with Crippen molar-refractivity contribution in [3.05, 3.63) is 142 Å². The molecule has 8 nitrogen and oxygen atoms in total. The van der Waals surface area contributed by atoms with E-state index in [1.165, 1.54) is 52.5 Å². The highest BCUT2D eigenvalue weighted by Crippen LogP contribution is 2.24. The number of H-pyrrole nitrogens is 1. The fraction of sp³-hybridized carbons (Fsp3) is 0.0968. The number of aryl methyl sites for hydroxylation is 1. The van der Waals surface area contributed by atoms with Crippen molar-refractivity contribution >= 4 is 17.5 Å². The smallest absolute Gasteiger partial charge is 0.269 e. The van der Waals surface area contributed by atoms with Crippen molar-refractivity contribution in [2.75, 3.05) is 11.9 Å². The molecule has 0 aliphatic rings. The lowest BCUT2D eigenvalue weighted by molar-refractivity contribution is -0.115. The van der Waals surface area contributed by atoms with Crippen LogP contribution in [0.25, 0.3) is 11.1 Å². The van der Waals surface area contributed by atoms with Crippen LogP contribution in [0, 0.1) is 5.82 Å². The van der Waals surface area contributed by atoms with Gasteiger partial charge in [-0.1, -0.05) is 60.7 Å². The van der Waals surface area contributed by atoms with Crippen molar-refractivity contribution in [3.63, 3.8) is 0 Å². The molecule has 0 fully saturated rings. The minimum atomic E-state index is -0.586. The average molecular weight is 538 g/mol. The number of amides is 2. The zero-order valence-electron chi connectivity index (χ0n) is 21.8. The number of halogens is 1. The van der Waals surface area contributed by atoms with E-state index in [0.29, 0.717) is 11.3 Å². The lowest BCUT2D eigenvalue weighted by Crippen LogP contribution is -2.33. The molecule has 5 aromatic rings. The van der Waals surface area contributed by atoms with Gasteiger partial charge in [-0.2, -0.15) is 5.10 Å². The molecule has 0 bridgehead atoms. The molecule has 0 atom stereocenters. The van der Waals surface area contributed by atoms with Gasteiger partial charge in [0.05, 0.1) is 6.54 Å². The van der Waals surface area contributed by atoms with Crippen LogP contribution in [0.4, 0.5) is 10.1 Å². The average Bonchev–Trinajstić information content (AvgIpc) is 3.39. The van der Waals surface area contributed by atoms with Gasteiger partial charge in [0.1, 0.15) is 11.5 Å². The molecule has 0 radical (unpaired) electrons. The Balaban J connectivity index is 0.000000236. The molecule has 40 heavy (non-hydrogen) atoms. The first-order chi connectivity index (χ1) is 19.4. The first kappa shape index (κ1) is 27.7. The predicted octanol–water partition coefficient (Wildman–Crippen LogP) is 4.56. The number of carbonyl (C=O) groups excluding carboxylic acids is 2. The van der Waals surface area contributed by atoms with Gasteiger partial charge >= 0.3 is 0 Å². The molecule has 5 rings (SSSR count). The molecule has 9 heteroatoms. The molecule has 0 saturated carbocycles. The molecular weight excluding hydrogens is 509 g/mol. The number of hydrogen-bond donors (Lipinski definition) is 3. The molecule has 2 amide bonds. The van der Waals surface area contributed by atoms with E-state index in [2.05, 4.69) is 81.4 Å². The Morgan fingerprint density at radius 1 is 0.900 bits per heavy atom. The normalized spacial score (nSPS) is 10.2. The fourth-order valence-electron chi connectivity index (χ4n) is 3.92. The van der Waals surface area contributed by atoms with E-state index in [1.807, 2.05) is 0 Å². The third kappa shape index (κ3) is 7.84. The largest absolute Gasteiger partial charge is 0.342 e.